The zero-order chi connectivity index (χ0) is 29.2. The first-order chi connectivity index (χ1) is 20.5. The highest BCUT2D eigenvalue weighted by molar-refractivity contribution is 6.46. The third-order valence-corrected chi connectivity index (χ3v) is 7.28. The number of amides is 1. The zero-order valence-corrected chi connectivity index (χ0v) is 23.1. The van der Waals surface area contributed by atoms with Crippen molar-refractivity contribution in [2.75, 3.05) is 7.11 Å². The number of hydrogen-bond donors (Lipinski definition) is 1. The Morgan fingerprint density at radius 1 is 0.952 bits per heavy atom. The van der Waals surface area contributed by atoms with Crippen LogP contribution in [0.25, 0.3) is 11.4 Å². The average Bonchev–Trinajstić information content (AvgIpc) is 3.49. The van der Waals surface area contributed by atoms with Crippen LogP contribution in [0.4, 0.5) is 0 Å². The van der Waals surface area contributed by atoms with Gasteiger partial charge in [-0.25, -0.2) is 4.98 Å². The molecule has 210 valence electrons. The molecule has 2 aromatic carbocycles. The molecule has 1 atom stereocenters. The summed E-state index contributed by atoms with van der Waals surface area (Å²) in [6.45, 7) is 2.20. The van der Waals surface area contributed by atoms with E-state index in [0.29, 0.717) is 40.7 Å². The van der Waals surface area contributed by atoms with E-state index < -0.39 is 17.7 Å². The van der Waals surface area contributed by atoms with Crippen molar-refractivity contribution >= 4 is 23.1 Å². The minimum absolute atomic E-state index is 0.0300. The van der Waals surface area contributed by atoms with Gasteiger partial charge in [-0.3, -0.25) is 19.0 Å². The maximum Gasteiger partial charge on any atom is 0.295 e. The van der Waals surface area contributed by atoms with Gasteiger partial charge in [0.25, 0.3) is 11.7 Å². The third kappa shape index (κ3) is 4.85. The van der Waals surface area contributed by atoms with Gasteiger partial charge in [-0.15, -0.1) is 0 Å². The summed E-state index contributed by atoms with van der Waals surface area (Å²) in [7, 11) is 1.53. The van der Waals surface area contributed by atoms with E-state index in [2.05, 4.69) is 9.97 Å². The fourth-order valence-electron chi connectivity index (χ4n) is 5.31. The molecule has 0 bridgehead atoms. The second kappa shape index (κ2) is 11.2. The average molecular weight is 561 g/mol. The van der Waals surface area contributed by atoms with Crippen LogP contribution in [0.5, 0.6) is 11.5 Å². The van der Waals surface area contributed by atoms with E-state index >= 15 is 0 Å². The summed E-state index contributed by atoms with van der Waals surface area (Å²) in [5.74, 6) is -0.866. The molecule has 0 spiro atoms. The number of nitrogens with zero attached hydrogens (tertiary/aromatic N) is 4. The summed E-state index contributed by atoms with van der Waals surface area (Å²) in [5.41, 5.74) is 3.77. The Hall–Kier alpha value is -5.44. The second-order valence-corrected chi connectivity index (χ2v) is 9.95. The topological polar surface area (TPSA) is 106 Å². The molecule has 1 fully saturated rings. The Morgan fingerprint density at radius 2 is 1.74 bits per heavy atom. The number of carbonyl (C=O) groups excluding carboxylic acids is 2. The third-order valence-electron chi connectivity index (χ3n) is 7.28. The first kappa shape index (κ1) is 26.8. The number of pyridine rings is 2. The minimum Gasteiger partial charge on any atom is -0.505 e. The van der Waals surface area contributed by atoms with Gasteiger partial charge >= 0.3 is 0 Å². The number of benzene rings is 2. The van der Waals surface area contributed by atoms with E-state index in [4.69, 9.17) is 9.47 Å². The highest BCUT2D eigenvalue weighted by Gasteiger charge is 2.47. The van der Waals surface area contributed by atoms with Crippen molar-refractivity contribution in [3.8, 4) is 11.5 Å². The van der Waals surface area contributed by atoms with E-state index in [0.717, 1.165) is 11.1 Å². The van der Waals surface area contributed by atoms with Crippen LogP contribution in [0.1, 0.15) is 34.1 Å². The lowest BCUT2D eigenvalue weighted by atomic mass is 9.95. The predicted octanol–water partition coefficient (Wildman–Crippen LogP) is 5.25. The van der Waals surface area contributed by atoms with Crippen LogP contribution in [0, 0.1) is 6.92 Å². The van der Waals surface area contributed by atoms with E-state index in [1.54, 1.807) is 60.2 Å². The molecule has 1 unspecified atom stereocenters. The number of hydrogen-bond acceptors (Lipinski definition) is 7. The predicted molar refractivity (Wildman–Crippen MR) is 156 cm³/mol. The van der Waals surface area contributed by atoms with Gasteiger partial charge in [-0.1, -0.05) is 48.5 Å². The Kier molecular flexibility index (Phi) is 7.14. The fraction of sp³-hybridized carbons (Fsp3) is 0.152. The molecule has 42 heavy (non-hydrogen) atoms. The van der Waals surface area contributed by atoms with Crippen LogP contribution >= 0.6 is 0 Å². The van der Waals surface area contributed by atoms with E-state index in [9.17, 15) is 14.7 Å². The number of aromatic nitrogens is 3. The number of Topliss-reactive ketones (excluding diaryl/α,β-unsaturated/α-hetero) is 1. The van der Waals surface area contributed by atoms with Crippen LogP contribution in [0.15, 0.2) is 103 Å². The zero-order valence-electron chi connectivity index (χ0n) is 23.1. The molecule has 0 radical (unpaired) electrons. The van der Waals surface area contributed by atoms with Crippen molar-refractivity contribution in [3.05, 3.63) is 131 Å². The Bertz CT molecular complexity index is 1810. The fourth-order valence-corrected chi connectivity index (χ4v) is 5.31. The number of imidazole rings is 1. The van der Waals surface area contributed by atoms with Gasteiger partial charge in [0.15, 0.2) is 17.3 Å². The largest absolute Gasteiger partial charge is 0.505 e. The van der Waals surface area contributed by atoms with Crippen molar-refractivity contribution < 1.29 is 24.2 Å². The first-order valence-corrected chi connectivity index (χ1v) is 13.4. The van der Waals surface area contributed by atoms with Crippen molar-refractivity contribution in [3.63, 3.8) is 0 Å². The number of rotatable bonds is 8. The monoisotopic (exact) mass is 560 g/mol. The molecule has 1 N–H and O–H groups in total. The lowest BCUT2D eigenvalue weighted by molar-refractivity contribution is -0.140. The number of aliphatic hydroxyl groups is 1. The summed E-state index contributed by atoms with van der Waals surface area (Å²) in [6, 6.07) is 23.2. The minimum atomic E-state index is -0.907. The number of ether oxygens (including phenoxy) is 2. The standard InChI is InChI=1S/C33H28N4O5/c1-21-29(36-16-7-6-12-27(36)35-21)31(38)28-30(37(33(40)32(28)39)19-23-11-8-15-34-18-23)24-13-14-25(26(17-24)41-2)42-20-22-9-4-3-5-10-22/h3-18,30,38H,19-20H2,1-2H3. The number of carbonyl (C=O) groups is 2. The van der Waals surface area contributed by atoms with Gasteiger partial charge in [-0.2, -0.15) is 0 Å². The quantitative estimate of drug-likeness (QED) is 0.157. The highest BCUT2D eigenvalue weighted by Crippen LogP contribution is 2.43. The van der Waals surface area contributed by atoms with Gasteiger partial charge in [0.2, 0.25) is 0 Å². The molecule has 1 aliphatic heterocycles. The SMILES string of the molecule is COc1cc(C2C(=C(O)c3c(C)nc4ccccn34)C(=O)C(=O)N2Cc2cccnc2)ccc1OCc1ccccc1. The number of fused-ring (bicyclic) bond motifs is 1. The van der Waals surface area contributed by atoms with Crippen molar-refractivity contribution in [2.24, 2.45) is 0 Å². The normalized spacial score (nSPS) is 16.2. The molecule has 3 aromatic heterocycles. The van der Waals surface area contributed by atoms with Crippen LogP contribution in [-0.2, 0) is 22.7 Å². The summed E-state index contributed by atoms with van der Waals surface area (Å²) in [5, 5.41) is 11.7. The number of likely N-dealkylation sites (tertiary alicyclic amines) is 1. The molecular formula is C33H28N4O5. The first-order valence-electron chi connectivity index (χ1n) is 13.4. The van der Waals surface area contributed by atoms with Crippen molar-refractivity contribution in [2.45, 2.75) is 26.1 Å². The number of aliphatic hydroxyl groups excluding tert-OH is 1. The second-order valence-electron chi connectivity index (χ2n) is 9.95. The van der Waals surface area contributed by atoms with Gasteiger partial charge in [0.1, 0.15) is 17.9 Å². The molecule has 0 saturated carbocycles. The molecule has 9 heteroatoms. The number of ketones is 1. The summed E-state index contributed by atoms with van der Waals surface area (Å²) in [4.78, 5) is 37.3. The maximum atomic E-state index is 13.6. The van der Waals surface area contributed by atoms with Crippen LogP contribution in [-0.4, -0.2) is 43.2 Å². The van der Waals surface area contributed by atoms with E-state index in [-0.39, 0.29) is 17.9 Å². The number of aryl methyl sites for hydroxylation is 1. The van der Waals surface area contributed by atoms with Crippen LogP contribution in [0.2, 0.25) is 0 Å². The molecular weight excluding hydrogens is 532 g/mol. The van der Waals surface area contributed by atoms with Crippen LogP contribution < -0.4 is 9.47 Å². The smallest absolute Gasteiger partial charge is 0.295 e. The molecule has 6 rings (SSSR count). The lowest BCUT2D eigenvalue weighted by Gasteiger charge is -2.26. The van der Waals surface area contributed by atoms with Crippen molar-refractivity contribution in [1.82, 2.24) is 19.3 Å². The van der Waals surface area contributed by atoms with Gasteiger partial charge in [-0.05, 0) is 53.9 Å². The Balaban J connectivity index is 1.47. The number of methoxy groups -OCH3 is 1. The molecule has 1 saturated heterocycles. The van der Waals surface area contributed by atoms with E-state index in [1.807, 2.05) is 48.5 Å². The van der Waals surface area contributed by atoms with Crippen molar-refractivity contribution in [1.29, 1.82) is 0 Å². The van der Waals surface area contributed by atoms with Gasteiger partial charge < -0.3 is 19.5 Å². The summed E-state index contributed by atoms with van der Waals surface area (Å²) < 4.78 is 13.4. The molecule has 1 aliphatic rings. The molecule has 0 aliphatic carbocycles. The summed E-state index contributed by atoms with van der Waals surface area (Å²) >= 11 is 0. The Morgan fingerprint density at radius 3 is 2.50 bits per heavy atom. The molecule has 5 aromatic rings. The van der Waals surface area contributed by atoms with E-state index in [1.165, 1.54) is 12.0 Å². The molecule has 1 amide bonds. The summed E-state index contributed by atoms with van der Waals surface area (Å²) in [6.07, 6.45) is 5.04. The maximum absolute atomic E-state index is 13.6. The molecule has 4 heterocycles. The van der Waals surface area contributed by atoms with Crippen LogP contribution in [0.3, 0.4) is 0 Å². The van der Waals surface area contributed by atoms with Gasteiger partial charge in [0.05, 0.1) is 24.4 Å². The van der Waals surface area contributed by atoms with Gasteiger partial charge in [0, 0.05) is 25.1 Å². The lowest BCUT2D eigenvalue weighted by Crippen LogP contribution is -2.29. The molecule has 9 nitrogen and oxygen atoms in total. The highest BCUT2D eigenvalue weighted by atomic mass is 16.5. The Labute approximate surface area is 242 Å².